The molecule has 0 aromatic rings. The normalized spacial score (nSPS) is 16.2. The maximum absolute atomic E-state index is 11.5. The summed E-state index contributed by atoms with van der Waals surface area (Å²) in [7, 11) is 0. The van der Waals surface area contributed by atoms with Crippen LogP contribution >= 0.6 is 5.46 Å². The molecule has 17 heavy (non-hydrogen) atoms. The monoisotopic (exact) mass is 347 g/mol. The van der Waals surface area contributed by atoms with E-state index in [2.05, 4.69) is 6.92 Å². The Bertz CT molecular complexity index is 264. The molecule has 1 unspecified atom stereocenters. The van der Waals surface area contributed by atoms with Gasteiger partial charge in [0.15, 0.2) is 0 Å². The second kappa shape index (κ2) is 9.30. The van der Waals surface area contributed by atoms with E-state index in [1.54, 1.807) is 6.66 Å². The zero-order chi connectivity index (χ0) is 13.3. The summed E-state index contributed by atoms with van der Waals surface area (Å²) in [6.45, 7) is 5.80. The molecule has 0 aromatic heterocycles. The Labute approximate surface area is 115 Å². The topological polar surface area (TPSA) is 52.6 Å². The number of hydrogen-bond acceptors (Lipinski definition) is 4. The average molecular weight is 345 g/mol. The van der Waals surface area contributed by atoms with Crippen LogP contribution in [0.4, 0.5) is 0 Å². The van der Waals surface area contributed by atoms with Crippen molar-refractivity contribution in [1.82, 2.24) is 0 Å². The van der Waals surface area contributed by atoms with E-state index < -0.39 is 5.46 Å². The van der Waals surface area contributed by atoms with Crippen molar-refractivity contribution in [3.8, 4) is 0 Å². The van der Waals surface area contributed by atoms with Crippen LogP contribution in [-0.4, -0.2) is 25.3 Å². The minimum absolute atomic E-state index is 0.183. The number of carbonyl (C=O) groups excluding carboxylic acids is 1. The van der Waals surface area contributed by atoms with E-state index in [-0.39, 0.29) is 18.7 Å². The quantitative estimate of drug-likeness (QED) is 0.279. The molecule has 0 rings (SSSR count). The Morgan fingerprint density at radius 3 is 2.47 bits per heavy atom. The summed E-state index contributed by atoms with van der Waals surface area (Å²) in [5.41, 5.74) is -2.48. The molecule has 2 atom stereocenters. The molecule has 0 aliphatic heterocycles. The number of rotatable bonds is 9. The summed E-state index contributed by atoms with van der Waals surface area (Å²) in [4.78, 5) is 11.5. The average Bonchev–Trinajstić information content (AvgIpc) is 2.23. The van der Waals surface area contributed by atoms with E-state index in [0.717, 1.165) is 19.3 Å². The fourth-order valence-electron chi connectivity index (χ4n) is 1.22. The molecule has 0 spiro atoms. The third kappa shape index (κ3) is 11.2. The Morgan fingerprint density at radius 1 is 1.35 bits per heavy atom. The van der Waals surface area contributed by atoms with Gasteiger partial charge in [0, 0.05) is 0 Å². The van der Waals surface area contributed by atoms with Crippen molar-refractivity contribution in [2.75, 3.05) is 13.3 Å². The number of carbonyl (C=O) groups is 1. The molecular formula is C11H22MoO4P. The molecule has 0 bridgehead atoms. The van der Waals surface area contributed by atoms with Gasteiger partial charge in [-0.2, -0.15) is 0 Å². The molecule has 6 heteroatoms. The molecule has 0 aromatic carbocycles. The fraction of sp³-hybridized carbons (Fsp3) is 0.909. The number of unbranched alkanes of at least 4 members (excludes halogenated alkanes) is 2. The van der Waals surface area contributed by atoms with Gasteiger partial charge in [0.05, 0.1) is 0 Å². The first-order chi connectivity index (χ1) is 7.89. The Kier molecular flexibility index (Phi) is 9.49. The summed E-state index contributed by atoms with van der Waals surface area (Å²) in [6.07, 6.45) is 3.86. The van der Waals surface area contributed by atoms with Crippen molar-refractivity contribution in [2.24, 2.45) is 0 Å². The summed E-state index contributed by atoms with van der Waals surface area (Å²) in [5.74, 6) is -0.183. The molecular weight excluding hydrogens is 323 g/mol. The van der Waals surface area contributed by atoms with E-state index >= 15 is 0 Å². The summed E-state index contributed by atoms with van der Waals surface area (Å²) < 4.78 is 21.8. The van der Waals surface area contributed by atoms with Crippen molar-refractivity contribution in [3.63, 3.8) is 0 Å². The maximum atomic E-state index is 11.5. The Hall–Kier alpha value is 0.348. The zero-order valence-corrected chi connectivity index (χ0v) is 13.7. The predicted molar refractivity (Wildman–Crippen MR) is 63.8 cm³/mol. The molecule has 101 valence electrons. The van der Waals surface area contributed by atoms with Crippen LogP contribution in [0, 0.1) is 0 Å². The van der Waals surface area contributed by atoms with Gasteiger partial charge >= 0.3 is 115 Å². The molecule has 0 N–H and O–H groups in total. The van der Waals surface area contributed by atoms with Crippen LogP contribution in [0.5, 0.6) is 0 Å². The molecule has 0 amide bonds. The molecule has 0 fully saturated rings. The van der Waals surface area contributed by atoms with Gasteiger partial charge in [-0.3, -0.25) is 0 Å². The van der Waals surface area contributed by atoms with Crippen LogP contribution in [0.2, 0.25) is 0 Å². The second-order valence-corrected chi connectivity index (χ2v) is 10.7. The second-order valence-electron chi connectivity index (χ2n) is 4.04. The van der Waals surface area contributed by atoms with E-state index in [1.807, 2.05) is 6.92 Å². The number of esters is 1. The van der Waals surface area contributed by atoms with Crippen LogP contribution in [0.25, 0.3) is 0 Å². The molecule has 0 aliphatic carbocycles. The van der Waals surface area contributed by atoms with Crippen molar-refractivity contribution in [3.05, 3.63) is 0 Å². The molecule has 0 aliphatic rings. The standard InChI is InChI=1S/C11H22O4P.Mo/c1-4-6-7-8-11(12)15-10(5-2)9-14-16(3)13;/h10H,4-9H2,1-3H3;/q+1;-1/t10-;/m1./s1. The van der Waals surface area contributed by atoms with Gasteiger partial charge in [-0.05, 0) is 0 Å². The van der Waals surface area contributed by atoms with Crippen molar-refractivity contribution >= 4 is 11.4 Å². The van der Waals surface area contributed by atoms with E-state index in [1.165, 1.54) is 19.3 Å². The van der Waals surface area contributed by atoms with Gasteiger partial charge in [-0.25, -0.2) is 0 Å². The molecule has 0 saturated carbocycles. The van der Waals surface area contributed by atoms with Crippen molar-refractivity contribution < 1.29 is 37.9 Å². The molecule has 0 heterocycles. The molecule has 0 radical (unpaired) electrons. The molecule has 4 nitrogen and oxygen atoms in total. The van der Waals surface area contributed by atoms with Gasteiger partial charge in [-0.1, -0.05) is 0 Å². The van der Waals surface area contributed by atoms with E-state index in [9.17, 15) is 9.36 Å². The summed E-state index contributed by atoms with van der Waals surface area (Å²) >= 11 is 1.48. The first-order valence-electron chi connectivity index (χ1n) is 6.01. The summed E-state index contributed by atoms with van der Waals surface area (Å²) in [5, 5.41) is 0. The zero-order valence-electron chi connectivity index (χ0n) is 10.8. The number of hydrogen-bond donors (Lipinski definition) is 0. The minimum atomic E-state index is -2.48. The van der Waals surface area contributed by atoms with Gasteiger partial charge in [0.2, 0.25) is 0 Å². The SMILES string of the molecule is CCCCCC(=O)O[C@H](CC)CO[P](C)(=O)[Mo]. The van der Waals surface area contributed by atoms with Gasteiger partial charge in [-0.15, -0.1) is 0 Å². The first-order valence-corrected chi connectivity index (χ1v) is 10.7. The van der Waals surface area contributed by atoms with E-state index in [0.29, 0.717) is 12.8 Å². The first kappa shape index (κ1) is 17.3. The van der Waals surface area contributed by atoms with Crippen LogP contribution in [0.15, 0.2) is 0 Å². The Morgan fingerprint density at radius 2 is 2.00 bits per heavy atom. The fourth-order valence-corrected chi connectivity index (χ4v) is 2.10. The predicted octanol–water partition coefficient (Wildman–Crippen LogP) is 3.27. The van der Waals surface area contributed by atoms with Gasteiger partial charge in [0.1, 0.15) is 0 Å². The Balaban J connectivity index is 3.87. The van der Waals surface area contributed by atoms with Gasteiger partial charge in [0.25, 0.3) is 0 Å². The van der Waals surface area contributed by atoms with Crippen LogP contribution in [0.3, 0.4) is 0 Å². The van der Waals surface area contributed by atoms with Crippen molar-refractivity contribution in [1.29, 1.82) is 0 Å². The third-order valence-electron chi connectivity index (χ3n) is 2.23. The molecule has 0 saturated heterocycles. The van der Waals surface area contributed by atoms with Gasteiger partial charge < -0.3 is 0 Å². The van der Waals surface area contributed by atoms with Crippen molar-refractivity contribution in [2.45, 2.75) is 52.1 Å². The van der Waals surface area contributed by atoms with E-state index in [4.69, 9.17) is 9.26 Å². The summed E-state index contributed by atoms with van der Waals surface area (Å²) in [6, 6.07) is 0. The van der Waals surface area contributed by atoms with Crippen LogP contribution < -0.4 is 0 Å². The third-order valence-corrected chi connectivity index (χ3v) is 3.63. The van der Waals surface area contributed by atoms with Crippen LogP contribution in [0.1, 0.15) is 46.0 Å². The van der Waals surface area contributed by atoms with Crippen LogP contribution in [-0.2, 0) is 37.9 Å². The number of ether oxygens (including phenoxy) is 1.